The zero-order valence-electron chi connectivity index (χ0n) is 15.2. The number of rotatable bonds is 5. The summed E-state index contributed by atoms with van der Waals surface area (Å²) < 4.78 is 15.1. The smallest absolute Gasteiger partial charge is 0.315 e. The minimum Gasteiger partial charge on any atom is -0.495 e. The van der Waals surface area contributed by atoms with Crippen LogP contribution in [0.2, 0.25) is 0 Å². The first kappa shape index (κ1) is 18.9. The van der Waals surface area contributed by atoms with Crippen LogP contribution in [0.1, 0.15) is 13.3 Å². The van der Waals surface area contributed by atoms with Crippen molar-refractivity contribution in [3.8, 4) is 5.75 Å². The molecule has 146 valence electrons. The van der Waals surface area contributed by atoms with Crippen LogP contribution in [-0.4, -0.2) is 29.9 Å². The molecule has 1 aliphatic rings. The van der Waals surface area contributed by atoms with Gasteiger partial charge in [0.2, 0.25) is 0 Å². The van der Waals surface area contributed by atoms with E-state index in [9.17, 15) is 9.59 Å². The van der Waals surface area contributed by atoms with Gasteiger partial charge in [0, 0.05) is 23.3 Å². The van der Waals surface area contributed by atoms with E-state index in [1.165, 1.54) is 7.11 Å². The molecule has 1 aromatic heterocycles. The monoisotopic (exact) mass is 421 g/mol. The second-order valence-electron chi connectivity index (χ2n) is 6.98. The lowest BCUT2D eigenvalue weighted by atomic mass is 10.1. The first-order valence-corrected chi connectivity index (χ1v) is 9.35. The molecule has 2 aromatic carbocycles. The fourth-order valence-corrected chi connectivity index (χ4v) is 3.80. The first-order valence-electron chi connectivity index (χ1n) is 8.59. The lowest BCUT2D eigenvalue weighted by Crippen LogP contribution is -2.26. The number of anilines is 1. The number of fused-ring (bicyclic) bond motifs is 3. The molecule has 8 heteroatoms. The third kappa shape index (κ3) is 3.06. The molecule has 0 bridgehead atoms. The predicted molar refractivity (Wildman–Crippen MR) is 107 cm³/mol. The van der Waals surface area contributed by atoms with Crippen LogP contribution in [0.25, 0.3) is 21.9 Å². The third-order valence-electron chi connectivity index (χ3n) is 5.02. The van der Waals surface area contributed by atoms with E-state index in [4.69, 9.17) is 37.1 Å². The SMILES string of the molecule is COc1cc2c(cc1NC(=O)COC(=O)C1(C)CC1(Cl)Cl)oc1ccccc12. The predicted octanol–water partition coefficient (Wildman–Crippen LogP) is 4.66. The second-order valence-corrected chi connectivity index (χ2v) is 8.47. The maximum atomic E-state index is 12.3. The number of carbonyl (C=O) groups is 2. The minimum absolute atomic E-state index is 0.292. The molecule has 0 spiro atoms. The number of alkyl halides is 2. The minimum atomic E-state index is -1.14. The standard InChI is InChI=1S/C20H17Cl2NO5/c1-19(10-20(19,21)22)18(25)27-9-17(24)23-13-8-15-12(7-16(13)26-2)11-5-3-4-6-14(11)28-15/h3-8H,9-10H2,1-2H3,(H,23,24). The fourth-order valence-electron chi connectivity index (χ4n) is 3.12. The van der Waals surface area contributed by atoms with Crippen LogP contribution >= 0.6 is 23.2 Å². The number of carbonyl (C=O) groups excluding carboxylic acids is 2. The van der Waals surface area contributed by atoms with Crippen LogP contribution in [-0.2, 0) is 14.3 Å². The van der Waals surface area contributed by atoms with Gasteiger partial charge in [0.15, 0.2) is 6.61 Å². The second kappa shape index (κ2) is 6.57. The number of furan rings is 1. The maximum Gasteiger partial charge on any atom is 0.315 e. The van der Waals surface area contributed by atoms with Crippen molar-refractivity contribution in [2.75, 3.05) is 19.0 Å². The van der Waals surface area contributed by atoms with Gasteiger partial charge in [-0.15, -0.1) is 23.2 Å². The molecule has 1 fully saturated rings. The van der Waals surface area contributed by atoms with Crippen molar-refractivity contribution >= 4 is 62.7 Å². The Labute approximate surface area is 170 Å². The third-order valence-corrected chi connectivity index (χ3v) is 6.12. The molecular formula is C20H17Cl2NO5. The number of hydrogen-bond acceptors (Lipinski definition) is 5. The van der Waals surface area contributed by atoms with Crippen molar-refractivity contribution in [3.63, 3.8) is 0 Å². The highest BCUT2D eigenvalue weighted by Crippen LogP contribution is 2.64. The molecule has 1 unspecified atom stereocenters. The van der Waals surface area contributed by atoms with E-state index < -0.39 is 28.2 Å². The molecule has 0 aliphatic heterocycles. The Hall–Kier alpha value is -2.44. The molecule has 3 aromatic rings. The highest BCUT2D eigenvalue weighted by Gasteiger charge is 2.69. The van der Waals surface area contributed by atoms with Crippen molar-refractivity contribution < 1.29 is 23.5 Å². The number of hydrogen-bond donors (Lipinski definition) is 1. The summed E-state index contributed by atoms with van der Waals surface area (Å²) in [6, 6.07) is 11.1. The van der Waals surface area contributed by atoms with Gasteiger partial charge in [0.05, 0.1) is 12.8 Å². The summed E-state index contributed by atoms with van der Waals surface area (Å²) in [5.74, 6) is -0.651. The van der Waals surface area contributed by atoms with Crippen molar-refractivity contribution in [2.24, 2.45) is 5.41 Å². The summed E-state index contributed by atoms with van der Waals surface area (Å²) >= 11 is 11.9. The van der Waals surface area contributed by atoms with Gasteiger partial charge >= 0.3 is 5.97 Å². The van der Waals surface area contributed by atoms with Crippen LogP contribution in [0.5, 0.6) is 5.75 Å². The van der Waals surface area contributed by atoms with Gasteiger partial charge in [-0.05, 0) is 19.1 Å². The van der Waals surface area contributed by atoms with E-state index in [2.05, 4.69) is 5.32 Å². The summed E-state index contributed by atoms with van der Waals surface area (Å²) in [5.41, 5.74) is 0.771. The Morgan fingerprint density at radius 3 is 2.57 bits per heavy atom. The van der Waals surface area contributed by atoms with Crippen LogP contribution in [0.3, 0.4) is 0 Å². The quantitative estimate of drug-likeness (QED) is 0.478. The van der Waals surface area contributed by atoms with Crippen molar-refractivity contribution in [1.82, 2.24) is 0 Å². The maximum absolute atomic E-state index is 12.3. The summed E-state index contributed by atoms with van der Waals surface area (Å²) in [6.07, 6.45) is 0.292. The van der Waals surface area contributed by atoms with Crippen LogP contribution in [0, 0.1) is 5.41 Å². The highest BCUT2D eigenvalue weighted by molar-refractivity contribution is 6.53. The molecule has 1 heterocycles. The molecule has 1 atom stereocenters. The van der Waals surface area contributed by atoms with Crippen molar-refractivity contribution in [2.45, 2.75) is 17.7 Å². The van der Waals surface area contributed by atoms with Crippen LogP contribution in [0.15, 0.2) is 40.8 Å². The largest absolute Gasteiger partial charge is 0.495 e. The van der Waals surface area contributed by atoms with Gasteiger partial charge in [-0.1, -0.05) is 18.2 Å². The summed E-state index contributed by atoms with van der Waals surface area (Å²) in [7, 11) is 1.51. The van der Waals surface area contributed by atoms with E-state index in [0.29, 0.717) is 23.4 Å². The lowest BCUT2D eigenvalue weighted by Gasteiger charge is -2.13. The molecule has 4 rings (SSSR count). The van der Waals surface area contributed by atoms with Crippen LogP contribution in [0.4, 0.5) is 5.69 Å². The molecule has 0 radical (unpaired) electrons. The van der Waals surface area contributed by atoms with E-state index in [0.717, 1.165) is 16.4 Å². The summed E-state index contributed by atoms with van der Waals surface area (Å²) in [5, 5.41) is 4.50. The summed E-state index contributed by atoms with van der Waals surface area (Å²) in [6.45, 7) is 1.14. The normalized spacial score (nSPS) is 20.1. The highest BCUT2D eigenvalue weighted by atomic mass is 35.5. The molecule has 0 saturated heterocycles. The van der Waals surface area contributed by atoms with Gasteiger partial charge < -0.3 is 19.2 Å². The van der Waals surface area contributed by atoms with Gasteiger partial charge in [-0.2, -0.15) is 0 Å². The van der Waals surface area contributed by atoms with E-state index in [-0.39, 0.29) is 0 Å². The molecule has 28 heavy (non-hydrogen) atoms. The van der Waals surface area contributed by atoms with Gasteiger partial charge in [-0.25, -0.2) is 0 Å². The molecule has 1 saturated carbocycles. The number of esters is 1. The Morgan fingerprint density at radius 2 is 1.89 bits per heavy atom. The molecule has 1 amide bonds. The number of benzene rings is 2. The van der Waals surface area contributed by atoms with E-state index in [1.54, 1.807) is 19.1 Å². The Morgan fingerprint density at radius 1 is 1.18 bits per heavy atom. The van der Waals surface area contributed by atoms with Crippen molar-refractivity contribution in [3.05, 3.63) is 36.4 Å². The number of ether oxygens (including phenoxy) is 2. The molecule has 1 N–H and O–H groups in total. The zero-order chi connectivity index (χ0) is 20.1. The molecular weight excluding hydrogens is 405 g/mol. The number of nitrogens with one attached hydrogen (secondary N) is 1. The Bertz CT molecular complexity index is 1110. The molecule has 6 nitrogen and oxygen atoms in total. The Kier molecular flexibility index (Phi) is 4.43. The number of halogens is 2. The van der Waals surface area contributed by atoms with E-state index >= 15 is 0 Å². The average Bonchev–Trinajstić information content (AvgIpc) is 3.01. The number of para-hydroxylation sites is 1. The van der Waals surface area contributed by atoms with Crippen LogP contribution < -0.4 is 10.1 Å². The van der Waals surface area contributed by atoms with E-state index in [1.807, 2.05) is 24.3 Å². The van der Waals surface area contributed by atoms with Crippen molar-refractivity contribution in [1.29, 1.82) is 0 Å². The fraction of sp³-hybridized carbons (Fsp3) is 0.300. The first-order chi connectivity index (χ1) is 13.2. The summed E-state index contributed by atoms with van der Waals surface area (Å²) in [4.78, 5) is 24.3. The average molecular weight is 422 g/mol. The zero-order valence-corrected chi connectivity index (χ0v) is 16.7. The Balaban J connectivity index is 1.51. The van der Waals surface area contributed by atoms with Gasteiger partial charge in [0.25, 0.3) is 5.91 Å². The molecule has 1 aliphatic carbocycles. The lowest BCUT2D eigenvalue weighted by molar-refractivity contribution is -0.152. The van der Waals surface area contributed by atoms with Gasteiger partial charge in [0.1, 0.15) is 26.7 Å². The van der Waals surface area contributed by atoms with Gasteiger partial charge in [-0.3, -0.25) is 9.59 Å². The number of amides is 1. The topological polar surface area (TPSA) is 77.8 Å². The number of methoxy groups -OCH3 is 1.